The molecule has 0 spiro atoms. The van der Waals surface area contributed by atoms with Crippen LogP contribution in [0.1, 0.15) is 32.1 Å². The van der Waals surface area contributed by atoms with E-state index in [9.17, 15) is 5.11 Å². The Hall–Kier alpha value is -0.840. The van der Waals surface area contributed by atoms with E-state index in [1.807, 2.05) is 6.92 Å². The molecule has 0 aliphatic rings. The molecule has 0 saturated carbocycles. The minimum atomic E-state index is -0.549. The predicted octanol–water partition coefficient (Wildman–Crippen LogP) is 1.72. The smallest absolute Gasteiger partial charge is 0.132 e. The Morgan fingerprint density at radius 3 is 2.75 bits per heavy atom. The second-order valence-electron chi connectivity index (χ2n) is 4.19. The summed E-state index contributed by atoms with van der Waals surface area (Å²) in [6.07, 6.45) is 1.65. The van der Waals surface area contributed by atoms with E-state index in [1.54, 1.807) is 25.5 Å². The predicted molar refractivity (Wildman–Crippen MR) is 62.2 cm³/mol. The molecule has 0 aliphatic carbocycles. The molecule has 4 heteroatoms. The standard InChI is InChI=1S/C12H21NO3/c1-9(13-10(2)8-15-3)7-11(14)12-5-4-6-16-12/h4-6,9-11,13-14H,7-8H2,1-3H3. The quantitative estimate of drug-likeness (QED) is 0.744. The Balaban J connectivity index is 2.31. The van der Waals surface area contributed by atoms with Gasteiger partial charge in [-0.15, -0.1) is 0 Å². The summed E-state index contributed by atoms with van der Waals surface area (Å²) in [5, 5.41) is 13.2. The first-order chi connectivity index (χ1) is 7.63. The number of aliphatic hydroxyl groups excluding tert-OH is 1. The number of furan rings is 1. The van der Waals surface area contributed by atoms with Gasteiger partial charge in [-0.05, 0) is 32.4 Å². The fraction of sp³-hybridized carbons (Fsp3) is 0.667. The van der Waals surface area contributed by atoms with Crippen molar-refractivity contribution in [2.75, 3.05) is 13.7 Å². The van der Waals surface area contributed by atoms with E-state index in [-0.39, 0.29) is 12.1 Å². The Morgan fingerprint density at radius 1 is 1.44 bits per heavy atom. The highest BCUT2D eigenvalue weighted by molar-refractivity contribution is 5.02. The van der Waals surface area contributed by atoms with Crippen LogP contribution in [0.2, 0.25) is 0 Å². The van der Waals surface area contributed by atoms with E-state index in [2.05, 4.69) is 12.2 Å². The molecule has 1 heterocycles. The van der Waals surface area contributed by atoms with Gasteiger partial charge in [-0.3, -0.25) is 0 Å². The van der Waals surface area contributed by atoms with Gasteiger partial charge in [0.2, 0.25) is 0 Å². The van der Waals surface area contributed by atoms with Gasteiger partial charge in [0.25, 0.3) is 0 Å². The first-order valence-electron chi connectivity index (χ1n) is 5.60. The van der Waals surface area contributed by atoms with E-state index in [1.165, 1.54) is 0 Å². The summed E-state index contributed by atoms with van der Waals surface area (Å²) in [5.74, 6) is 0.619. The van der Waals surface area contributed by atoms with Crippen LogP contribution >= 0.6 is 0 Å². The Labute approximate surface area is 96.6 Å². The topological polar surface area (TPSA) is 54.6 Å². The fourth-order valence-corrected chi connectivity index (χ4v) is 1.78. The third-order valence-corrected chi connectivity index (χ3v) is 2.43. The van der Waals surface area contributed by atoms with Crippen LogP contribution in [-0.4, -0.2) is 30.9 Å². The van der Waals surface area contributed by atoms with E-state index < -0.39 is 6.10 Å². The highest BCUT2D eigenvalue weighted by atomic mass is 16.5. The van der Waals surface area contributed by atoms with Crippen LogP contribution in [-0.2, 0) is 4.74 Å². The number of rotatable bonds is 7. The summed E-state index contributed by atoms with van der Waals surface area (Å²) in [7, 11) is 1.68. The van der Waals surface area contributed by atoms with Crippen LogP contribution in [0.3, 0.4) is 0 Å². The molecule has 0 amide bonds. The molecule has 0 radical (unpaired) electrons. The molecular formula is C12H21NO3. The summed E-state index contributed by atoms with van der Waals surface area (Å²) in [4.78, 5) is 0. The average molecular weight is 227 g/mol. The van der Waals surface area contributed by atoms with E-state index in [0.717, 1.165) is 0 Å². The van der Waals surface area contributed by atoms with Gasteiger partial charge in [-0.2, -0.15) is 0 Å². The van der Waals surface area contributed by atoms with Crippen LogP contribution in [0.5, 0.6) is 0 Å². The SMILES string of the molecule is COCC(C)NC(C)CC(O)c1ccco1. The van der Waals surface area contributed by atoms with Crippen molar-refractivity contribution in [2.24, 2.45) is 0 Å². The minimum absolute atomic E-state index is 0.213. The van der Waals surface area contributed by atoms with Crippen LogP contribution in [0.4, 0.5) is 0 Å². The Kier molecular flexibility index (Phi) is 5.52. The lowest BCUT2D eigenvalue weighted by Gasteiger charge is -2.21. The average Bonchev–Trinajstić information content (AvgIpc) is 2.69. The van der Waals surface area contributed by atoms with Crippen molar-refractivity contribution in [1.29, 1.82) is 0 Å². The second kappa shape index (κ2) is 6.68. The summed E-state index contributed by atoms with van der Waals surface area (Å²) in [6.45, 7) is 4.76. The maximum atomic E-state index is 9.86. The van der Waals surface area contributed by atoms with E-state index in [0.29, 0.717) is 18.8 Å². The zero-order valence-corrected chi connectivity index (χ0v) is 10.1. The van der Waals surface area contributed by atoms with Crippen molar-refractivity contribution in [3.05, 3.63) is 24.2 Å². The largest absolute Gasteiger partial charge is 0.467 e. The van der Waals surface area contributed by atoms with E-state index in [4.69, 9.17) is 9.15 Å². The van der Waals surface area contributed by atoms with Gasteiger partial charge in [0.05, 0.1) is 12.9 Å². The molecular weight excluding hydrogens is 206 g/mol. The molecule has 0 aliphatic heterocycles. The molecule has 1 aromatic heterocycles. The second-order valence-corrected chi connectivity index (χ2v) is 4.19. The third-order valence-electron chi connectivity index (χ3n) is 2.43. The van der Waals surface area contributed by atoms with Crippen molar-refractivity contribution >= 4 is 0 Å². The molecule has 0 bridgehead atoms. The van der Waals surface area contributed by atoms with Crippen LogP contribution < -0.4 is 5.32 Å². The number of hydrogen-bond donors (Lipinski definition) is 2. The summed E-state index contributed by atoms with van der Waals surface area (Å²) < 4.78 is 10.2. The first-order valence-corrected chi connectivity index (χ1v) is 5.60. The third kappa shape index (κ3) is 4.35. The summed E-state index contributed by atoms with van der Waals surface area (Å²) in [5.41, 5.74) is 0. The lowest BCUT2D eigenvalue weighted by atomic mass is 10.1. The molecule has 1 aromatic rings. The molecule has 0 fully saturated rings. The maximum absolute atomic E-state index is 9.86. The van der Waals surface area contributed by atoms with Gasteiger partial charge >= 0.3 is 0 Å². The number of ether oxygens (including phenoxy) is 1. The van der Waals surface area contributed by atoms with Crippen molar-refractivity contribution in [3.63, 3.8) is 0 Å². The minimum Gasteiger partial charge on any atom is -0.467 e. The fourth-order valence-electron chi connectivity index (χ4n) is 1.78. The number of aliphatic hydroxyl groups is 1. The zero-order chi connectivity index (χ0) is 12.0. The molecule has 92 valence electrons. The van der Waals surface area contributed by atoms with Gasteiger partial charge in [0.1, 0.15) is 11.9 Å². The molecule has 3 atom stereocenters. The summed E-state index contributed by atoms with van der Waals surface area (Å²) >= 11 is 0. The van der Waals surface area contributed by atoms with Crippen LogP contribution in [0, 0.1) is 0 Å². The first kappa shape index (κ1) is 13.2. The van der Waals surface area contributed by atoms with Gasteiger partial charge in [-0.1, -0.05) is 0 Å². The molecule has 0 aromatic carbocycles. The van der Waals surface area contributed by atoms with Crippen molar-refractivity contribution in [3.8, 4) is 0 Å². The monoisotopic (exact) mass is 227 g/mol. The number of methoxy groups -OCH3 is 1. The molecule has 2 N–H and O–H groups in total. The molecule has 16 heavy (non-hydrogen) atoms. The molecule has 1 rings (SSSR count). The van der Waals surface area contributed by atoms with Crippen molar-refractivity contribution in [2.45, 2.75) is 38.5 Å². The number of nitrogens with one attached hydrogen (secondary N) is 1. The molecule has 4 nitrogen and oxygen atoms in total. The molecule has 0 saturated heterocycles. The normalized spacial score (nSPS) is 17.0. The zero-order valence-electron chi connectivity index (χ0n) is 10.1. The summed E-state index contributed by atoms with van der Waals surface area (Å²) in [6, 6.07) is 4.06. The number of hydrogen-bond acceptors (Lipinski definition) is 4. The highest BCUT2D eigenvalue weighted by Gasteiger charge is 2.15. The van der Waals surface area contributed by atoms with Gasteiger partial charge in [0.15, 0.2) is 0 Å². The van der Waals surface area contributed by atoms with Gasteiger partial charge < -0.3 is 19.6 Å². The van der Waals surface area contributed by atoms with Gasteiger partial charge in [-0.25, -0.2) is 0 Å². The Morgan fingerprint density at radius 2 is 2.19 bits per heavy atom. The maximum Gasteiger partial charge on any atom is 0.132 e. The van der Waals surface area contributed by atoms with Crippen molar-refractivity contribution < 1.29 is 14.3 Å². The van der Waals surface area contributed by atoms with Crippen LogP contribution in [0.25, 0.3) is 0 Å². The molecule has 3 unspecified atom stereocenters. The van der Waals surface area contributed by atoms with E-state index >= 15 is 0 Å². The highest BCUT2D eigenvalue weighted by Crippen LogP contribution is 2.18. The lowest BCUT2D eigenvalue weighted by molar-refractivity contribution is 0.119. The Bertz CT molecular complexity index is 274. The van der Waals surface area contributed by atoms with Crippen molar-refractivity contribution in [1.82, 2.24) is 5.32 Å². The van der Waals surface area contributed by atoms with Crippen LogP contribution in [0.15, 0.2) is 22.8 Å². The van der Waals surface area contributed by atoms with Gasteiger partial charge in [0, 0.05) is 19.2 Å². The lowest BCUT2D eigenvalue weighted by Crippen LogP contribution is -2.38.